The van der Waals surface area contributed by atoms with Crippen molar-refractivity contribution in [3.05, 3.63) is 53.2 Å². The molecule has 2 aromatic heterocycles. The van der Waals surface area contributed by atoms with Crippen molar-refractivity contribution in [3.63, 3.8) is 0 Å². The van der Waals surface area contributed by atoms with E-state index < -0.39 is 5.54 Å². The summed E-state index contributed by atoms with van der Waals surface area (Å²) in [6.07, 6.45) is 1.88. The minimum Gasteiger partial charge on any atom is -0.459 e. The van der Waals surface area contributed by atoms with Gasteiger partial charge in [-0.1, -0.05) is 48.9 Å². The van der Waals surface area contributed by atoms with Gasteiger partial charge in [0.05, 0.1) is 5.39 Å². The summed E-state index contributed by atoms with van der Waals surface area (Å²) in [5.41, 5.74) is 0.480. The lowest BCUT2D eigenvalue weighted by atomic mass is 10.2. The number of ether oxygens (including phenoxy) is 1. The Labute approximate surface area is 178 Å². The molecule has 1 amide bonds. The second kappa shape index (κ2) is 7.09. The number of rotatable bonds is 5. The zero-order chi connectivity index (χ0) is 20.9. The van der Waals surface area contributed by atoms with E-state index >= 15 is 0 Å². The Morgan fingerprint density at radius 1 is 1.27 bits per heavy atom. The number of benzene rings is 1. The molecule has 0 N–H and O–H groups in total. The minimum absolute atomic E-state index is 0.0287. The minimum atomic E-state index is -0.939. The monoisotopic (exact) mass is 424 g/mol. The summed E-state index contributed by atoms with van der Waals surface area (Å²) in [4.78, 5) is 31.7. The van der Waals surface area contributed by atoms with E-state index in [1.165, 1.54) is 0 Å². The first-order valence-electron chi connectivity index (χ1n) is 10.1. The van der Waals surface area contributed by atoms with Crippen LogP contribution in [0.2, 0.25) is 5.15 Å². The van der Waals surface area contributed by atoms with Crippen molar-refractivity contribution >= 4 is 40.3 Å². The summed E-state index contributed by atoms with van der Waals surface area (Å²) in [7, 11) is 0. The molecule has 0 unspecified atom stereocenters. The largest absolute Gasteiger partial charge is 0.459 e. The molecule has 1 aromatic carbocycles. The van der Waals surface area contributed by atoms with Gasteiger partial charge in [-0.2, -0.15) is 5.10 Å². The molecule has 2 aliphatic rings. The molecule has 0 bridgehead atoms. The van der Waals surface area contributed by atoms with E-state index in [0.29, 0.717) is 41.4 Å². The van der Waals surface area contributed by atoms with Gasteiger partial charge in [0.1, 0.15) is 11.8 Å². The van der Waals surface area contributed by atoms with Gasteiger partial charge in [-0.15, -0.1) is 0 Å². The van der Waals surface area contributed by atoms with Crippen LogP contribution in [0.1, 0.15) is 31.7 Å². The van der Waals surface area contributed by atoms with Crippen molar-refractivity contribution in [3.8, 4) is 0 Å². The number of hydrogen-bond acceptors (Lipinski definition) is 5. The van der Waals surface area contributed by atoms with Crippen LogP contribution in [0.3, 0.4) is 0 Å². The van der Waals surface area contributed by atoms with E-state index in [1.807, 2.05) is 43.3 Å². The standard InChI is InChI=1S/C22H21ClN4O3/c1-14-12-22(14,21(29)30-13-15-6-3-2-4-7-15)27-19-16(9-10-17(23)24-19)20(25-27)26-11-5-8-18(26)28/h2-4,6-7,9-10,14H,5,8,11-13H2,1H3/t14-,22-/m0/s1. The zero-order valence-corrected chi connectivity index (χ0v) is 17.3. The second-order valence-electron chi connectivity index (χ2n) is 7.98. The molecule has 0 spiro atoms. The van der Waals surface area contributed by atoms with Gasteiger partial charge in [0.25, 0.3) is 0 Å². The van der Waals surface area contributed by atoms with Crippen molar-refractivity contribution in [1.29, 1.82) is 0 Å². The normalized spacial score (nSPS) is 23.2. The molecular weight excluding hydrogens is 404 g/mol. The lowest BCUT2D eigenvalue weighted by Gasteiger charge is -2.17. The lowest BCUT2D eigenvalue weighted by Crippen LogP contribution is -2.33. The highest BCUT2D eigenvalue weighted by atomic mass is 35.5. The summed E-state index contributed by atoms with van der Waals surface area (Å²) < 4.78 is 7.31. The number of fused-ring (bicyclic) bond motifs is 1. The fourth-order valence-electron chi connectivity index (χ4n) is 4.23. The summed E-state index contributed by atoms with van der Waals surface area (Å²) in [5.74, 6) is 0.253. The maximum absolute atomic E-state index is 13.2. The number of anilines is 1. The predicted octanol–water partition coefficient (Wildman–Crippen LogP) is 3.69. The summed E-state index contributed by atoms with van der Waals surface area (Å²) in [5, 5.41) is 5.74. The van der Waals surface area contributed by atoms with E-state index in [2.05, 4.69) is 4.98 Å². The van der Waals surface area contributed by atoms with Crippen LogP contribution in [0, 0.1) is 5.92 Å². The maximum Gasteiger partial charge on any atom is 0.334 e. The maximum atomic E-state index is 13.2. The molecule has 1 saturated carbocycles. The van der Waals surface area contributed by atoms with Gasteiger partial charge >= 0.3 is 5.97 Å². The molecule has 1 aliphatic carbocycles. The van der Waals surface area contributed by atoms with E-state index in [0.717, 1.165) is 12.0 Å². The predicted molar refractivity (Wildman–Crippen MR) is 112 cm³/mol. The Bertz CT molecular complexity index is 1150. The quantitative estimate of drug-likeness (QED) is 0.461. The number of nitrogens with zero attached hydrogens (tertiary/aromatic N) is 4. The molecule has 2 fully saturated rings. The average molecular weight is 425 g/mol. The number of pyridine rings is 1. The molecule has 1 saturated heterocycles. The van der Waals surface area contributed by atoms with Gasteiger partial charge < -0.3 is 4.74 Å². The van der Waals surface area contributed by atoms with Crippen LogP contribution in [0.25, 0.3) is 11.0 Å². The SMILES string of the molecule is C[C@H]1C[C@]1(C(=O)OCc1ccccc1)n1nc(N2CCCC2=O)c2ccc(Cl)nc21. The Morgan fingerprint density at radius 3 is 2.70 bits per heavy atom. The highest BCUT2D eigenvalue weighted by Crippen LogP contribution is 2.52. The van der Waals surface area contributed by atoms with Crippen LogP contribution in [0.5, 0.6) is 0 Å². The number of esters is 1. The fraction of sp³-hybridized carbons (Fsp3) is 0.364. The van der Waals surface area contributed by atoms with Crippen LogP contribution in [0.15, 0.2) is 42.5 Å². The Hall–Kier alpha value is -2.93. The van der Waals surface area contributed by atoms with Gasteiger partial charge in [-0.3, -0.25) is 9.69 Å². The van der Waals surface area contributed by atoms with Crippen LogP contribution in [0.4, 0.5) is 5.82 Å². The summed E-state index contributed by atoms with van der Waals surface area (Å²) in [6, 6.07) is 13.1. The van der Waals surface area contributed by atoms with E-state index in [4.69, 9.17) is 21.4 Å². The van der Waals surface area contributed by atoms with Gasteiger partial charge in [0.15, 0.2) is 17.0 Å². The Balaban J connectivity index is 1.54. The van der Waals surface area contributed by atoms with E-state index in [9.17, 15) is 9.59 Å². The van der Waals surface area contributed by atoms with Crippen LogP contribution in [-0.2, 0) is 26.5 Å². The molecule has 7 nitrogen and oxygen atoms in total. The highest BCUT2D eigenvalue weighted by molar-refractivity contribution is 6.29. The number of hydrogen-bond donors (Lipinski definition) is 0. The first-order valence-corrected chi connectivity index (χ1v) is 10.5. The van der Waals surface area contributed by atoms with Crippen LogP contribution < -0.4 is 4.90 Å². The van der Waals surface area contributed by atoms with Crippen LogP contribution >= 0.6 is 11.6 Å². The summed E-state index contributed by atoms with van der Waals surface area (Å²) in [6.45, 7) is 2.79. The van der Waals surface area contributed by atoms with Crippen LogP contribution in [-0.4, -0.2) is 33.2 Å². The fourth-order valence-corrected chi connectivity index (χ4v) is 4.37. The number of carbonyl (C=O) groups excluding carboxylic acids is 2. The van der Waals surface area contributed by atoms with Crippen molar-refractivity contribution in [2.45, 2.75) is 38.3 Å². The second-order valence-corrected chi connectivity index (χ2v) is 8.37. The molecule has 0 radical (unpaired) electrons. The molecule has 1 aliphatic heterocycles. The van der Waals surface area contributed by atoms with Gasteiger partial charge in [0, 0.05) is 13.0 Å². The first kappa shape index (κ1) is 19.1. The number of halogens is 1. The van der Waals surface area contributed by atoms with Gasteiger partial charge in [-0.05, 0) is 36.5 Å². The molecule has 3 aromatic rings. The van der Waals surface area contributed by atoms with E-state index in [1.54, 1.807) is 15.6 Å². The molecule has 2 atom stereocenters. The highest BCUT2D eigenvalue weighted by Gasteiger charge is 2.62. The molecule has 5 rings (SSSR count). The van der Waals surface area contributed by atoms with Gasteiger partial charge in [0.2, 0.25) is 5.91 Å². The third-order valence-corrected chi connectivity index (χ3v) is 6.23. The molecule has 154 valence electrons. The number of carbonyl (C=O) groups is 2. The van der Waals surface area contributed by atoms with Crippen molar-refractivity contribution < 1.29 is 14.3 Å². The third-order valence-electron chi connectivity index (χ3n) is 6.02. The summed E-state index contributed by atoms with van der Waals surface area (Å²) >= 11 is 6.17. The molecule has 30 heavy (non-hydrogen) atoms. The van der Waals surface area contributed by atoms with Gasteiger partial charge in [-0.25, -0.2) is 14.5 Å². The smallest absolute Gasteiger partial charge is 0.334 e. The first-order chi connectivity index (χ1) is 14.5. The topological polar surface area (TPSA) is 77.3 Å². The Kier molecular flexibility index (Phi) is 4.50. The molecular formula is C22H21ClN4O3. The molecule has 3 heterocycles. The lowest BCUT2D eigenvalue weighted by molar-refractivity contribution is -0.151. The van der Waals surface area contributed by atoms with E-state index in [-0.39, 0.29) is 24.4 Å². The Morgan fingerprint density at radius 2 is 2.03 bits per heavy atom. The number of amides is 1. The average Bonchev–Trinajstić information content (AvgIpc) is 3.07. The van der Waals surface area contributed by atoms with Crippen molar-refractivity contribution in [2.75, 3.05) is 11.4 Å². The van der Waals surface area contributed by atoms with Crippen molar-refractivity contribution in [1.82, 2.24) is 14.8 Å². The third kappa shape index (κ3) is 2.96. The number of aromatic nitrogens is 3. The van der Waals surface area contributed by atoms with Crippen molar-refractivity contribution in [2.24, 2.45) is 5.92 Å². The zero-order valence-electron chi connectivity index (χ0n) is 16.5. The molecule has 8 heteroatoms.